The zero-order chi connectivity index (χ0) is 16.8. The van der Waals surface area contributed by atoms with Gasteiger partial charge in [0.25, 0.3) is 0 Å². The van der Waals surface area contributed by atoms with E-state index >= 15 is 0 Å². The Balaban J connectivity index is 1.96. The van der Waals surface area contributed by atoms with Crippen LogP contribution in [0.2, 0.25) is 0 Å². The number of nitrogens with one attached hydrogen (secondary N) is 1. The van der Waals surface area contributed by atoms with E-state index < -0.39 is 5.97 Å². The molecule has 0 atom stereocenters. The van der Waals surface area contributed by atoms with Gasteiger partial charge in [-0.3, -0.25) is 9.59 Å². The van der Waals surface area contributed by atoms with Gasteiger partial charge in [0.2, 0.25) is 11.8 Å². The smallest absolute Gasteiger partial charge is 0.303 e. The summed E-state index contributed by atoms with van der Waals surface area (Å²) in [6, 6.07) is 9.18. The van der Waals surface area contributed by atoms with Crippen LogP contribution < -0.4 is 10.1 Å². The van der Waals surface area contributed by atoms with Gasteiger partial charge in [-0.25, -0.2) is 4.98 Å². The van der Waals surface area contributed by atoms with Gasteiger partial charge in [0.15, 0.2) is 0 Å². The Morgan fingerprint density at radius 2 is 1.83 bits per heavy atom. The summed E-state index contributed by atoms with van der Waals surface area (Å²) in [5, 5.41) is 11.1. The monoisotopic (exact) mass is 314 g/mol. The van der Waals surface area contributed by atoms with Gasteiger partial charge in [0, 0.05) is 12.5 Å². The Morgan fingerprint density at radius 3 is 2.39 bits per heavy atom. The summed E-state index contributed by atoms with van der Waals surface area (Å²) in [4.78, 5) is 26.1. The molecule has 0 bridgehead atoms. The Hall–Kier alpha value is -2.89. The Morgan fingerprint density at radius 1 is 1.13 bits per heavy atom. The lowest BCUT2D eigenvalue weighted by Crippen LogP contribution is -2.13. The third kappa shape index (κ3) is 5.43. The maximum Gasteiger partial charge on any atom is 0.303 e. The summed E-state index contributed by atoms with van der Waals surface area (Å²) in [5.41, 5.74) is 2.69. The molecule has 0 spiro atoms. The van der Waals surface area contributed by atoms with E-state index in [1.807, 2.05) is 26.0 Å². The summed E-state index contributed by atoms with van der Waals surface area (Å²) >= 11 is 0. The minimum Gasteiger partial charge on any atom is -0.481 e. The number of benzene rings is 1. The highest BCUT2D eigenvalue weighted by atomic mass is 16.5. The van der Waals surface area contributed by atoms with Crippen molar-refractivity contribution >= 4 is 17.6 Å². The maximum absolute atomic E-state index is 11.5. The van der Waals surface area contributed by atoms with Crippen LogP contribution in [0.25, 0.3) is 0 Å². The van der Waals surface area contributed by atoms with E-state index in [0.29, 0.717) is 17.3 Å². The number of amides is 1. The fourth-order valence-corrected chi connectivity index (χ4v) is 2.07. The fraction of sp³-hybridized carbons (Fsp3) is 0.235. The average molecular weight is 314 g/mol. The number of pyridine rings is 1. The molecule has 0 aliphatic rings. The first-order valence-electron chi connectivity index (χ1n) is 7.16. The van der Waals surface area contributed by atoms with Gasteiger partial charge in [-0.2, -0.15) is 0 Å². The number of aryl methyl sites for hydroxylation is 2. The van der Waals surface area contributed by atoms with Crippen molar-refractivity contribution in [3.8, 4) is 11.6 Å². The first-order valence-corrected chi connectivity index (χ1v) is 7.16. The molecule has 2 N–H and O–H groups in total. The third-order valence-corrected chi connectivity index (χ3v) is 3.00. The molecule has 0 saturated carbocycles. The van der Waals surface area contributed by atoms with Crippen LogP contribution in [0.4, 0.5) is 5.69 Å². The zero-order valence-corrected chi connectivity index (χ0v) is 13.0. The number of carboxylic acid groups (broad SMARTS) is 1. The number of carboxylic acids is 1. The van der Waals surface area contributed by atoms with Gasteiger partial charge in [-0.15, -0.1) is 0 Å². The van der Waals surface area contributed by atoms with E-state index in [1.165, 1.54) is 6.20 Å². The molecule has 1 heterocycles. The van der Waals surface area contributed by atoms with Gasteiger partial charge in [0.1, 0.15) is 5.75 Å². The van der Waals surface area contributed by atoms with E-state index in [9.17, 15) is 9.59 Å². The predicted molar refractivity (Wildman–Crippen MR) is 85.7 cm³/mol. The van der Waals surface area contributed by atoms with Crippen LogP contribution in [-0.4, -0.2) is 22.0 Å². The van der Waals surface area contributed by atoms with Crippen LogP contribution in [0.5, 0.6) is 11.6 Å². The van der Waals surface area contributed by atoms with Crippen molar-refractivity contribution < 1.29 is 19.4 Å². The number of hydrogen-bond donors (Lipinski definition) is 2. The topological polar surface area (TPSA) is 88.5 Å². The van der Waals surface area contributed by atoms with Crippen molar-refractivity contribution in [2.45, 2.75) is 26.7 Å². The molecule has 0 unspecified atom stereocenters. The molecule has 0 fully saturated rings. The molecule has 0 aliphatic heterocycles. The lowest BCUT2D eigenvalue weighted by Gasteiger charge is -2.08. The summed E-state index contributed by atoms with van der Waals surface area (Å²) < 4.78 is 5.68. The average Bonchev–Trinajstić information content (AvgIpc) is 2.46. The number of aromatic nitrogens is 1. The van der Waals surface area contributed by atoms with E-state index in [4.69, 9.17) is 9.84 Å². The normalized spacial score (nSPS) is 10.2. The van der Waals surface area contributed by atoms with Gasteiger partial charge < -0.3 is 15.2 Å². The molecule has 0 radical (unpaired) electrons. The highest BCUT2D eigenvalue weighted by molar-refractivity contribution is 5.92. The van der Waals surface area contributed by atoms with E-state index in [0.717, 1.165) is 11.1 Å². The van der Waals surface area contributed by atoms with Crippen molar-refractivity contribution in [3.05, 3.63) is 47.7 Å². The molecule has 0 aliphatic carbocycles. The summed E-state index contributed by atoms with van der Waals surface area (Å²) in [6.07, 6.45) is 1.19. The maximum atomic E-state index is 11.5. The number of nitrogens with zero attached hydrogens (tertiary/aromatic N) is 1. The molecule has 1 aromatic carbocycles. The number of carbonyl (C=O) groups is 2. The van der Waals surface area contributed by atoms with Crippen LogP contribution in [0.1, 0.15) is 24.0 Å². The number of aliphatic carboxylic acids is 1. The standard InChI is InChI=1S/C17H18N2O4/c1-11-7-12(2)9-14(8-11)23-16-5-3-13(10-18-16)19-15(20)4-6-17(21)22/h3,5,7-10H,4,6H2,1-2H3,(H,19,20)(H,21,22). The second-order valence-corrected chi connectivity index (χ2v) is 5.25. The molecular formula is C17H18N2O4. The van der Waals surface area contributed by atoms with Crippen molar-refractivity contribution in [1.82, 2.24) is 4.98 Å². The van der Waals surface area contributed by atoms with E-state index in [-0.39, 0.29) is 18.7 Å². The summed E-state index contributed by atoms with van der Waals surface area (Å²) in [7, 11) is 0. The van der Waals surface area contributed by atoms with E-state index in [1.54, 1.807) is 12.1 Å². The zero-order valence-electron chi connectivity index (χ0n) is 13.0. The van der Waals surface area contributed by atoms with Gasteiger partial charge in [-0.1, -0.05) is 6.07 Å². The highest BCUT2D eigenvalue weighted by Gasteiger charge is 2.07. The predicted octanol–water partition coefficient (Wildman–Crippen LogP) is 3.29. The van der Waals surface area contributed by atoms with Crippen LogP contribution in [0.15, 0.2) is 36.5 Å². The Kier molecular flexibility index (Phi) is 5.30. The quantitative estimate of drug-likeness (QED) is 0.854. The van der Waals surface area contributed by atoms with Gasteiger partial charge in [-0.05, 0) is 43.2 Å². The molecule has 120 valence electrons. The van der Waals surface area contributed by atoms with Gasteiger partial charge in [0.05, 0.1) is 18.3 Å². The Bertz CT molecular complexity index is 691. The van der Waals surface area contributed by atoms with Crippen molar-refractivity contribution in [1.29, 1.82) is 0 Å². The van der Waals surface area contributed by atoms with Crippen molar-refractivity contribution in [2.24, 2.45) is 0 Å². The molecule has 1 amide bonds. The summed E-state index contributed by atoms with van der Waals surface area (Å²) in [6.45, 7) is 3.98. The third-order valence-electron chi connectivity index (χ3n) is 3.00. The largest absolute Gasteiger partial charge is 0.481 e. The van der Waals surface area contributed by atoms with Crippen LogP contribution in [-0.2, 0) is 9.59 Å². The first-order chi connectivity index (χ1) is 10.9. The highest BCUT2D eigenvalue weighted by Crippen LogP contribution is 2.23. The number of anilines is 1. The molecule has 0 saturated heterocycles. The second-order valence-electron chi connectivity index (χ2n) is 5.25. The molecule has 1 aromatic heterocycles. The fourth-order valence-electron chi connectivity index (χ4n) is 2.07. The molecule has 2 rings (SSSR count). The van der Waals surface area contributed by atoms with Crippen molar-refractivity contribution in [3.63, 3.8) is 0 Å². The van der Waals surface area contributed by atoms with Crippen LogP contribution in [0, 0.1) is 13.8 Å². The lowest BCUT2D eigenvalue weighted by atomic mass is 10.1. The van der Waals surface area contributed by atoms with Crippen molar-refractivity contribution in [2.75, 3.05) is 5.32 Å². The Labute approximate surface area is 134 Å². The SMILES string of the molecule is Cc1cc(C)cc(Oc2ccc(NC(=O)CCC(=O)O)cn2)c1. The second kappa shape index (κ2) is 7.40. The molecule has 6 heteroatoms. The van der Waals surface area contributed by atoms with E-state index in [2.05, 4.69) is 16.4 Å². The van der Waals surface area contributed by atoms with Gasteiger partial charge >= 0.3 is 5.97 Å². The summed E-state index contributed by atoms with van der Waals surface area (Å²) in [5.74, 6) is -0.251. The van der Waals surface area contributed by atoms with Crippen LogP contribution in [0.3, 0.4) is 0 Å². The first kappa shape index (κ1) is 16.5. The number of hydrogen-bond acceptors (Lipinski definition) is 4. The molecule has 2 aromatic rings. The molecule has 6 nitrogen and oxygen atoms in total. The minimum absolute atomic E-state index is 0.0733. The molecular weight excluding hydrogens is 296 g/mol. The number of carbonyl (C=O) groups excluding carboxylic acids is 1. The minimum atomic E-state index is -1.00. The molecule has 23 heavy (non-hydrogen) atoms. The number of ether oxygens (including phenoxy) is 1. The lowest BCUT2D eigenvalue weighted by molar-refractivity contribution is -0.138. The number of rotatable bonds is 6. The van der Waals surface area contributed by atoms with Crippen LogP contribution >= 0.6 is 0 Å².